The average Bonchev–Trinajstić information content (AvgIpc) is 2.72. The lowest BCUT2D eigenvalue weighted by Gasteiger charge is -2.53. The highest BCUT2D eigenvalue weighted by atomic mass is 16.3. The lowest BCUT2D eigenvalue weighted by Crippen LogP contribution is -2.73. The maximum absolute atomic E-state index is 13.0. The molecule has 2 saturated heterocycles. The fraction of sp³-hybridized carbons (Fsp3) is 0.429. The Kier molecular flexibility index (Phi) is 5.16. The summed E-state index contributed by atoms with van der Waals surface area (Å²) in [6.07, 6.45) is 2.53. The molecule has 0 saturated carbocycles. The Morgan fingerprint density at radius 1 is 1.21 bits per heavy atom. The minimum absolute atomic E-state index is 0.0883. The summed E-state index contributed by atoms with van der Waals surface area (Å²) in [5.74, 6) is 0.108. The standard InChI is InChI=1S/C21H27N5O2/c1-21(2)13-25(12-17(27)15-6-4-3-5-7-15)20-24-18(16-8-10-22-11-9-16)23-14-26(20)19(21)28/h3-11,17-18,20,23-24,27H,12-14H2,1-2H3. The van der Waals surface area contributed by atoms with Gasteiger partial charge in [0.1, 0.15) is 6.29 Å². The number of aliphatic hydroxyl groups is 1. The van der Waals surface area contributed by atoms with Gasteiger partial charge in [0.15, 0.2) is 0 Å². The van der Waals surface area contributed by atoms with Crippen molar-refractivity contribution in [1.82, 2.24) is 25.4 Å². The number of aliphatic hydroxyl groups excluding tert-OH is 1. The Bertz CT molecular complexity index is 814. The van der Waals surface area contributed by atoms with E-state index in [1.54, 1.807) is 12.4 Å². The monoisotopic (exact) mass is 381 g/mol. The van der Waals surface area contributed by atoms with Crippen molar-refractivity contribution in [2.45, 2.75) is 32.4 Å². The molecule has 28 heavy (non-hydrogen) atoms. The lowest BCUT2D eigenvalue weighted by molar-refractivity contribution is -0.171. The van der Waals surface area contributed by atoms with Gasteiger partial charge >= 0.3 is 0 Å². The zero-order chi connectivity index (χ0) is 19.7. The highest BCUT2D eigenvalue weighted by molar-refractivity contribution is 5.83. The van der Waals surface area contributed by atoms with Crippen molar-refractivity contribution < 1.29 is 9.90 Å². The summed E-state index contributed by atoms with van der Waals surface area (Å²) < 4.78 is 0. The minimum Gasteiger partial charge on any atom is -0.387 e. The van der Waals surface area contributed by atoms with Gasteiger partial charge < -0.3 is 10.0 Å². The molecule has 1 aromatic heterocycles. The molecule has 3 N–H and O–H groups in total. The van der Waals surface area contributed by atoms with Crippen molar-refractivity contribution in [1.29, 1.82) is 0 Å². The number of carbonyl (C=O) groups is 1. The van der Waals surface area contributed by atoms with E-state index in [-0.39, 0.29) is 18.4 Å². The molecule has 0 spiro atoms. The van der Waals surface area contributed by atoms with E-state index >= 15 is 0 Å². The second-order valence-electron chi connectivity index (χ2n) is 8.13. The number of nitrogens with zero attached hydrogens (tertiary/aromatic N) is 3. The van der Waals surface area contributed by atoms with E-state index in [4.69, 9.17) is 0 Å². The number of hydrogen-bond donors (Lipinski definition) is 3. The molecular weight excluding hydrogens is 354 g/mol. The number of β-amino-alcohol motifs (C(OH)–C–C–N with tert-alkyl or cyclic N) is 1. The van der Waals surface area contributed by atoms with Crippen molar-refractivity contribution in [2.24, 2.45) is 5.41 Å². The summed E-state index contributed by atoms with van der Waals surface area (Å²) in [6.45, 7) is 5.39. The van der Waals surface area contributed by atoms with Gasteiger partial charge in [0.05, 0.1) is 24.4 Å². The summed E-state index contributed by atoms with van der Waals surface area (Å²) in [6, 6.07) is 13.6. The predicted molar refractivity (Wildman–Crippen MR) is 106 cm³/mol. The molecule has 7 nitrogen and oxygen atoms in total. The van der Waals surface area contributed by atoms with Gasteiger partial charge in [-0.05, 0) is 37.1 Å². The Labute approximate surface area is 165 Å². The normalized spacial score (nSPS) is 26.0. The van der Waals surface area contributed by atoms with Crippen LogP contribution in [0.3, 0.4) is 0 Å². The first kappa shape index (κ1) is 19.0. The average molecular weight is 381 g/mol. The predicted octanol–water partition coefficient (Wildman–Crippen LogP) is 1.42. The van der Waals surface area contributed by atoms with Crippen LogP contribution in [0.5, 0.6) is 0 Å². The summed E-state index contributed by atoms with van der Waals surface area (Å²) in [7, 11) is 0. The molecule has 2 aliphatic heterocycles. The van der Waals surface area contributed by atoms with Gasteiger partial charge in [0.2, 0.25) is 5.91 Å². The molecule has 4 rings (SSSR count). The zero-order valence-corrected chi connectivity index (χ0v) is 16.2. The molecule has 2 fully saturated rings. The molecule has 3 unspecified atom stereocenters. The molecule has 148 valence electrons. The molecule has 1 aromatic carbocycles. The van der Waals surface area contributed by atoms with Gasteiger partial charge in [-0.1, -0.05) is 30.3 Å². The zero-order valence-electron chi connectivity index (χ0n) is 16.2. The first-order chi connectivity index (χ1) is 13.5. The van der Waals surface area contributed by atoms with E-state index in [0.29, 0.717) is 19.8 Å². The van der Waals surface area contributed by atoms with Gasteiger partial charge in [0, 0.05) is 25.5 Å². The summed E-state index contributed by atoms with van der Waals surface area (Å²) >= 11 is 0. The van der Waals surface area contributed by atoms with Crippen LogP contribution >= 0.6 is 0 Å². The van der Waals surface area contributed by atoms with Crippen molar-refractivity contribution in [3.05, 3.63) is 66.0 Å². The molecule has 0 bridgehead atoms. The highest BCUT2D eigenvalue weighted by Crippen LogP contribution is 2.32. The smallest absolute Gasteiger partial charge is 0.232 e. The van der Waals surface area contributed by atoms with E-state index in [1.165, 1.54) is 0 Å². The number of nitrogens with one attached hydrogen (secondary N) is 2. The van der Waals surface area contributed by atoms with Crippen LogP contribution in [0.25, 0.3) is 0 Å². The first-order valence-electron chi connectivity index (χ1n) is 9.63. The van der Waals surface area contributed by atoms with Crippen LogP contribution in [0, 0.1) is 5.41 Å². The molecule has 2 aromatic rings. The summed E-state index contributed by atoms with van der Waals surface area (Å²) in [5, 5.41) is 17.7. The van der Waals surface area contributed by atoms with E-state index in [0.717, 1.165) is 11.1 Å². The van der Waals surface area contributed by atoms with Gasteiger partial charge in [-0.3, -0.25) is 25.3 Å². The SMILES string of the molecule is CC1(C)CN(CC(O)c2ccccc2)C2NC(c3ccncc3)NCN2C1=O. The van der Waals surface area contributed by atoms with Gasteiger partial charge in [-0.25, -0.2) is 0 Å². The second-order valence-corrected chi connectivity index (χ2v) is 8.13. The van der Waals surface area contributed by atoms with E-state index in [2.05, 4.69) is 20.5 Å². The van der Waals surface area contributed by atoms with E-state index in [1.807, 2.05) is 61.2 Å². The van der Waals surface area contributed by atoms with E-state index < -0.39 is 11.5 Å². The van der Waals surface area contributed by atoms with Crippen LogP contribution in [-0.4, -0.2) is 51.8 Å². The number of carbonyl (C=O) groups excluding carboxylic acids is 1. The molecular formula is C21H27N5O2. The Hall–Kier alpha value is -2.32. The van der Waals surface area contributed by atoms with Crippen molar-refractivity contribution in [3.8, 4) is 0 Å². The Morgan fingerprint density at radius 3 is 2.64 bits per heavy atom. The largest absolute Gasteiger partial charge is 0.387 e. The summed E-state index contributed by atoms with van der Waals surface area (Å²) in [4.78, 5) is 21.0. The first-order valence-corrected chi connectivity index (χ1v) is 9.63. The third-order valence-corrected chi connectivity index (χ3v) is 5.49. The molecule has 3 heterocycles. The fourth-order valence-electron chi connectivity index (χ4n) is 4.05. The van der Waals surface area contributed by atoms with Crippen molar-refractivity contribution >= 4 is 5.91 Å². The molecule has 7 heteroatoms. The lowest BCUT2D eigenvalue weighted by atomic mass is 9.88. The van der Waals surface area contributed by atoms with Crippen LogP contribution in [0.2, 0.25) is 0 Å². The number of hydrogen-bond acceptors (Lipinski definition) is 6. The Morgan fingerprint density at radius 2 is 1.93 bits per heavy atom. The number of rotatable bonds is 4. The molecule has 2 aliphatic rings. The van der Waals surface area contributed by atoms with Crippen molar-refractivity contribution in [2.75, 3.05) is 19.8 Å². The van der Waals surface area contributed by atoms with Gasteiger partial charge in [-0.15, -0.1) is 0 Å². The molecule has 0 aliphatic carbocycles. The van der Waals surface area contributed by atoms with Gasteiger partial charge in [0.25, 0.3) is 0 Å². The maximum Gasteiger partial charge on any atom is 0.232 e. The second kappa shape index (κ2) is 7.60. The third-order valence-electron chi connectivity index (χ3n) is 5.49. The number of pyridine rings is 1. The number of amides is 1. The van der Waals surface area contributed by atoms with Crippen molar-refractivity contribution in [3.63, 3.8) is 0 Å². The molecule has 3 atom stereocenters. The third kappa shape index (κ3) is 3.66. The number of benzene rings is 1. The fourth-order valence-corrected chi connectivity index (χ4v) is 4.05. The highest BCUT2D eigenvalue weighted by Gasteiger charge is 2.47. The quantitative estimate of drug-likeness (QED) is 0.743. The molecule has 1 amide bonds. The van der Waals surface area contributed by atoms with E-state index in [9.17, 15) is 9.90 Å². The Balaban J connectivity index is 1.57. The molecule has 0 radical (unpaired) electrons. The van der Waals surface area contributed by atoms with Crippen LogP contribution < -0.4 is 10.6 Å². The topological polar surface area (TPSA) is 80.7 Å². The van der Waals surface area contributed by atoms with Gasteiger partial charge in [-0.2, -0.15) is 0 Å². The minimum atomic E-state index is -0.622. The number of fused-ring (bicyclic) bond motifs is 1. The van der Waals surface area contributed by atoms with Crippen LogP contribution in [-0.2, 0) is 4.79 Å². The van der Waals surface area contributed by atoms with Crippen LogP contribution in [0.1, 0.15) is 37.2 Å². The summed E-state index contributed by atoms with van der Waals surface area (Å²) in [5.41, 5.74) is 1.43. The maximum atomic E-state index is 13.0. The number of aromatic nitrogens is 1. The van der Waals surface area contributed by atoms with Crippen LogP contribution in [0.15, 0.2) is 54.9 Å². The van der Waals surface area contributed by atoms with Crippen LogP contribution in [0.4, 0.5) is 0 Å².